The van der Waals surface area contributed by atoms with Gasteiger partial charge in [0.1, 0.15) is 0 Å². The van der Waals surface area contributed by atoms with E-state index in [1.165, 1.54) is 36.9 Å². The zero-order valence-electron chi connectivity index (χ0n) is 12.2. The summed E-state index contributed by atoms with van der Waals surface area (Å²) in [7, 11) is 4.14. The van der Waals surface area contributed by atoms with Crippen LogP contribution in [0.3, 0.4) is 0 Å². The largest absolute Gasteiger partial charge is 0.372 e. The van der Waals surface area contributed by atoms with Crippen LogP contribution in [0.5, 0.6) is 0 Å². The van der Waals surface area contributed by atoms with E-state index in [9.17, 15) is 0 Å². The third kappa shape index (κ3) is 3.64. The molecule has 0 bridgehead atoms. The Morgan fingerprint density at radius 2 is 1.95 bits per heavy atom. The fraction of sp³-hybridized carbons (Fsp3) is 0.625. The molecule has 0 spiro atoms. The van der Waals surface area contributed by atoms with Gasteiger partial charge in [0, 0.05) is 30.3 Å². The van der Waals surface area contributed by atoms with E-state index < -0.39 is 0 Å². The van der Waals surface area contributed by atoms with E-state index in [2.05, 4.69) is 42.4 Å². The van der Waals surface area contributed by atoms with Crippen molar-refractivity contribution in [2.75, 3.05) is 19.0 Å². The third-order valence-electron chi connectivity index (χ3n) is 4.34. The van der Waals surface area contributed by atoms with Gasteiger partial charge in [-0.1, -0.05) is 24.6 Å². The van der Waals surface area contributed by atoms with Crippen LogP contribution in [-0.2, 0) is 6.54 Å². The topological polar surface area (TPSA) is 15.3 Å². The lowest BCUT2D eigenvalue weighted by Gasteiger charge is -2.35. The minimum Gasteiger partial charge on any atom is -0.372 e. The second-order valence-electron chi connectivity index (χ2n) is 5.83. The highest BCUT2D eigenvalue weighted by Crippen LogP contribution is 2.31. The second-order valence-corrected chi connectivity index (χ2v) is 6.24. The summed E-state index contributed by atoms with van der Waals surface area (Å²) in [4.78, 5) is 2.40. The summed E-state index contributed by atoms with van der Waals surface area (Å²) in [6.45, 7) is 3.18. The first-order valence-electron chi connectivity index (χ1n) is 7.27. The Labute approximate surface area is 122 Å². The molecule has 1 aromatic carbocycles. The van der Waals surface area contributed by atoms with Gasteiger partial charge in [0.05, 0.1) is 0 Å². The Bertz CT molecular complexity index is 411. The van der Waals surface area contributed by atoms with Gasteiger partial charge < -0.3 is 10.2 Å². The van der Waals surface area contributed by atoms with Crippen LogP contribution in [0, 0.1) is 5.92 Å². The normalized spacial score (nSPS) is 23.4. The first-order valence-corrected chi connectivity index (χ1v) is 7.65. The molecule has 1 aromatic rings. The molecule has 1 saturated carbocycles. The summed E-state index contributed by atoms with van der Waals surface area (Å²) in [6, 6.07) is 7.10. The Kier molecular flexibility index (Phi) is 5.12. The minimum atomic E-state index is 0.669. The maximum atomic E-state index is 6.35. The highest BCUT2D eigenvalue weighted by atomic mass is 35.5. The standard InChI is InChI=1S/C16H25ClN2/c1-12-4-7-14(8-5-12)19(3)15-9-6-13(11-18-2)16(17)10-15/h6,9-10,12,14,18H,4-5,7-8,11H2,1-3H3. The van der Waals surface area contributed by atoms with E-state index in [0.717, 1.165) is 17.5 Å². The monoisotopic (exact) mass is 280 g/mol. The van der Waals surface area contributed by atoms with Gasteiger partial charge >= 0.3 is 0 Å². The zero-order valence-corrected chi connectivity index (χ0v) is 13.0. The number of hydrogen-bond acceptors (Lipinski definition) is 2. The number of nitrogens with one attached hydrogen (secondary N) is 1. The average molecular weight is 281 g/mol. The molecule has 3 heteroatoms. The molecule has 0 saturated heterocycles. The summed E-state index contributed by atoms with van der Waals surface area (Å²) in [5, 5.41) is 4.01. The van der Waals surface area contributed by atoms with Crippen LogP contribution in [0.4, 0.5) is 5.69 Å². The number of anilines is 1. The number of rotatable bonds is 4. The molecule has 19 heavy (non-hydrogen) atoms. The Hall–Kier alpha value is -0.730. The molecule has 0 amide bonds. The Balaban J connectivity index is 2.06. The molecule has 2 rings (SSSR count). The fourth-order valence-electron chi connectivity index (χ4n) is 2.93. The maximum Gasteiger partial charge on any atom is 0.0471 e. The Morgan fingerprint density at radius 3 is 2.53 bits per heavy atom. The maximum absolute atomic E-state index is 6.35. The van der Waals surface area contributed by atoms with Crippen LogP contribution in [0.2, 0.25) is 5.02 Å². The molecule has 1 aliphatic carbocycles. The van der Waals surface area contributed by atoms with Crippen molar-refractivity contribution in [3.05, 3.63) is 28.8 Å². The number of nitrogens with zero attached hydrogens (tertiary/aromatic N) is 1. The van der Waals surface area contributed by atoms with Crippen LogP contribution >= 0.6 is 11.6 Å². The number of halogens is 1. The lowest BCUT2D eigenvalue weighted by Crippen LogP contribution is -2.34. The molecule has 1 fully saturated rings. The molecular formula is C16H25ClN2. The van der Waals surface area contributed by atoms with Gasteiger partial charge in [0.2, 0.25) is 0 Å². The van der Waals surface area contributed by atoms with Crippen molar-refractivity contribution in [1.29, 1.82) is 0 Å². The SMILES string of the molecule is CNCc1ccc(N(C)C2CCC(C)CC2)cc1Cl. The summed E-state index contributed by atoms with van der Waals surface area (Å²) >= 11 is 6.35. The molecule has 0 radical (unpaired) electrons. The lowest BCUT2D eigenvalue weighted by atomic mass is 9.86. The van der Waals surface area contributed by atoms with Crippen molar-refractivity contribution in [2.24, 2.45) is 5.92 Å². The first kappa shape index (κ1) is 14.7. The molecule has 2 nitrogen and oxygen atoms in total. The molecule has 0 unspecified atom stereocenters. The highest BCUT2D eigenvalue weighted by Gasteiger charge is 2.22. The fourth-order valence-corrected chi connectivity index (χ4v) is 3.17. The summed E-state index contributed by atoms with van der Waals surface area (Å²) in [5.41, 5.74) is 2.41. The highest BCUT2D eigenvalue weighted by molar-refractivity contribution is 6.31. The number of hydrogen-bond donors (Lipinski definition) is 1. The molecule has 0 aliphatic heterocycles. The summed E-state index contributed by atoms with van der Waals surface area (Å²) < 4.78 is 0. The van der Waals surface area contributed by atoms with Crippen molar-refractivity contribution in [2.45, 2.75) is 45.2 Å². The average Bonchev–Trinajstić information content (AvgIpc) is 2.41. The third-order valence-corrected chi connectivity index (χ3v) is 4.70. The molecule has 0 aromatic heterocycles. The van der Waals surface area contributed by atoms with E-state index in [4.69, 9.17) is 11.6 Å². The van der Waals surface area contributed by atoms with E-state index in [1.54, 1.807) is 0 Å². The van der Waals surface area contributed by atoms with Gasteiger partial charge in [-0.05, 0) is 56.3 Å². The first-order chi connectivity index (χ1) is 9.11. The van der Waals surface area contributed by atoms with Crippen molar-refractivity contribution in [1.82, 2.24) is 5.32 Å². The zero-order chi connectivity index (χ0) is 13.8. The smallest absolute Gasteiger partial charge is 0.0471 e. The van der Waals surface area contributed by atoms with Gasteiger partial charge in [-0.3, -0.25) is 0 Å². The lowest BCUT2D eigenvalue weighted by molar-refractivity contribution is 0.341. The van der Waals surface area contributed by atoms with Gasteiger partial charge in [-0.2, -0.15) is 0 Å². The molecule has 1 aliphatic rings. The second kappa shape index (κ2) is 6.62. The van der Waals surface area contributed by atoms with Crippen LogP contribution in [0.1, 0.15) is 38.2 Å². The molecule has 0 atom stereocenters. The van der Waals surface area contributed by atoms with Crippen LogP contribution in [0.25, 0.3) is 0 Å². The summed E-state index contributed by atoms with van der Waals surface area (Å²) in [6.07, 6.45) is 5.29. The molecule has 106 valence electrons. The van der Waals surface area contributed by atoms with Crippen LogP contribution < -0.4 is 10.2 Å². The van der Waals surface area contributed by atoms with Gasteiger partial charge in [0.25, 0.3) is 0 Å². The van der Waals surface area contributed by atoms with Crippen molar-refractivity contribution >= 4 is 17.3 Å². The predicted molar refractivity (Wildman–Crippen MR) is 84.0 cm³/mol. The molecular weight excluding hydrogens is 256 g/mol. The molecule has 1 N–H and O–H groups in total. The Morgan fingerprint density at radius 1 is 1.26 bits per heavy atom. The van der Waals surface area contributed by atoms with Crippen LogP contribution in [-0.4, -0.2) is 20.1 Å². The van der Waals surface area contributed by atoms with Crippen molar-refractivity contribution < 1.29 is 0 Å². The summed E-state index contributed by atoms with van der Waals surface area (Å²) in [5.74, 6) is 0.895. The predicted octanol–water partition coefficient (Wildman–Crippen LogP) is 4.07. The van der Waals surface area contributed by atoms with Crippen molar-refractivity contribution in [3.63, 3.8) is 0 Å². The van der Waals surface area contributed by atoms with E-state index in [0.29, 0.717) is 6.04 Å². The van der Waals surface area contributed by atoms with E-state index in [-0.39, 0.29) is 0 Å². The minimum absolute atomic E-state index is 0.669. The van der Waals surface area contributed by atoms with Crippen LogP contribution in [0.15, 0.2) is 18.2 Å². The van der Waals surface area contributed by atoms with Gasteiger partial charge in [0.15, 0.2) is 0 Å². The van der Waals surface area contributed by atoms with E-state index >= 15 is 0 Å². The quantitative estimate of drug-likeness (QED) is 0.894. The van der Waals surface area contributed by atoms with E-state index in [1.807, 2.05) is 7.05 Å². The van der Waals surface area contributed by atoms with Gasteiger partial charge in [-0.15, -0.1) is 0 Å². The number of benzene rings is 1. The molecule has 0 heterocycles. The van der Waals surface area contributed by atoms with Crippen molar-refractivity contribution in [3.8, 4) is 0 Å². The van der Waals surface area contributed by atoms with Gasteiger partial charge in [-0.25, -0.2) is 0 Å².